The Morgan fingerprint density at radius 3 is 2.48 bits per heavy atom. The maximum absolute atomic E-state index is 13.2. The number of carbonyl (C=O) groups excluding carboxylic acids is 1. The molecule has 1 aromatic heterocycles. The Bertz CT molecular complexity index is 1030. The fourth-order valence-corrected chi connectivity index (χ4v) is 4.48. The molecule has 0 amide bonds. The Hall–Kier alpha value is -2.79. The van der Waals surface area contributed by atoms with Gasteiger partial charge in [0.15, 0.2) is 5.78 Å². The molecule has 31 heavy (non-hydrogen) atoms. The lowest BCUT2D eigenvalue weighted by molar-refractivity contribution is 0.103. The standard InChI is InChI=1S/C26H33N3O2/c1-3-4-5-16-31-22-9-6-20(7-10-22)26(30)21-8-11-25-23(17-21)24(18-29(25)27)19-12-14-28(2)15-13-19/h6-11,17-19H,3-5,12-16,27H2,1-2H3. The van der Waals surface area contributed by atoms with Crippen LogP contribution in [0.5, 0.6) is 5.75 Å². The van der Waals surface area contributed by atoms with Gasteiger partial charge in [0.1, 0.15) is 5.75 Å². The number of carbonyl (C=O) groups is 1. The van der Waals surface area contributed by atoms with Crippen LogP contribution in [0.15, 0.2) is 48.7 Å². The van der Waals surface area contributed by atoms with Gasteiger partial charge in [0, 0.05) is 22.7 Å². The number of unbranched alkanes of at least 4 members (excludes halogenated alkanes) is 2. The third kappa shape index (κ3) is 4.77. The van der Waals surface area contributed by atoms with Gasteiger partial charge in [0.25, 0.3) is 0 Å². The second-order valence-corrected chi connectivity index (χ2v) is 8.71. The molecule has 2 heterocycles. The van der Waals surface area contributed by atoms with E-state index in [1.165, 1.54) is 18.4 Å². The Morgan fingerprint density at radius 1 is 1.06 bits per heavy atom. The Labute approximate surface area is 184 Å². The molecule has 0 radical (unpaired) electrons. The van der Waals surface area contributed by atoms with Crippen molar-refractivity contribution in [1.29, 1.82) is 0 Å². The molecule has 0 unspecified atom stereocenters. The van der Waals surface area contributed by atoms with E-state index in [1.807, 2.05) is 48.7 Å². The number of nitrogen functional groups attached to an aromatic ring is 1. The molecule has 3 aromatic rings. The molecule has 0 aliphatic carbocycles. The highest BCUT2D eigenvalue weighted by Crippen LogP contribution is 2.34. The van der Waals surface area contributed by atoms with Crippen molar-refractivity contribution < 1.29 is 9.53 Å². The summed E-state index contributed by atoms with van der Waals surface area (Å²) in [6.07, 6.45) is 7.68. The van der Waals surface area contributed by atoms with Crippen molar-refractivity contribution in [3.05, 3.63) is 65.4 Å². The van der Waals surface area contributed by atoms with Gasteiger partial charge in [-0.05, 0) is 93.3 Å². The van der Waals surface area contributed by atoms with Crippen LogP contribution in [0.4, 0.5) is 0 Å². The first-order chi connectivity index (χ1) is 15.1. The average Bonchev–Trinajstić information content (AvgIpc) is 3.13. The highest BCUT2D eigenvalue weighted by molar-refractivity contribution is 6.10. The summed E-state index contributed by atoms with van der Waals surface area (Å²) in [6.45, 7) is 5.07. The SMILES string of the molecule is CCCCCOc1ccc(C(=O)c2ccc3c(c2)c(C2CCN(C)CC2)cn3N)cc1. The molecule has 4 rings (SSSR count). The van der Waals surface area contributed by atoms with Crippen LogP contribution in [-0.2, 0) is 0 Å². The summed E-state index contributed by atoms with van der Waals surface area (Å²) in [5.74, 6) is 7.55. The Morgan fingerprint density at radius 2 is 1.77 bits per heavy atom. The largest absolute Gasteiger partial charge is 0.494 e. The summed E-state index contributed by atoms with van der Waals surface area (Å²) in [5.41, 5.74) is 3.61. The third-order valence-electron chi connectivity index (χ3n) is 6.42. The van der Waals surface area contributed by atoms with Crippen molar-refractivity contribution in [3.63, 3.8) is 0 Å². The van der Waals surface area contributed by atoms with Crippen LogP contribution in [0.2, 0.25) is 0 Å². The topological polar surface area (TPSA) is 60.5 Å². The van der Waals surface area contributed by atoms with E-state index in [2.05, 4.69) is 18.9 Å². The number of likely N-dealkylation sites (tertiary alicyclic amines) is 1. The van der Waals surface area contributed by atoms with Crippen molar-refractivity contribution in [2.24, 2.45) is 0 Å². The van der Waals surface area contributed by atoms with Gasteiger partial charge in [-0.1, -0.05) is 19.8 Å². The monoisotopic (exact) mass is 419 g/mol. The van der Waals surface area contributed by atoms with Crippen molar-refractivity contribution in [2.45, 2.75) is 44.9 Å². The number of ether oxygens (including phenoxy) is 1. The predicted molar refractivity (Wildman–Crippen MR) is 126 cm³/mol. The molecule has 2 N–H and O–H groups in total. The molecule has 0 spiro atoms. The van der Waals surface area contributed by atoms with E-state index < -0.39 is 0 Å². The van der Waals surface area contributed by atoms with E-state index in [4.69, 9.17) is 10.6 Å². The highest BCUT2D eigenvalue weighted by atomic mass is 16.5. The molecule has 0 saturated carbocycles. The van der Waals surface area contributed by atoms with Gasteiger partial charge >= 0.3 is 0 Å². The molecule has 1 fully saturated rings. The van der Waals surface area contributed by atoms with E-state index in [0.717, 1.165) is 49.0 Å². The molecule has 2 aromatic carbocycles. The number of piperidine rings is 1. The first kappa shape index (κ1) is 21.4. The summed E-state index contributed by atoms with van der Waals surface area (Å²) in [4.78, 5) is 15.5. The summed E-state index contributed by atoms with van der Waals surface area (Å²) >= 11 is 0. The maximum atomic E-state index is 13.2. The van der Waals surface area contributed by atoms with Crippen LogP contribution >= 0.6 is 0 Å². The molecule has 5 nitrogen and oxygen atoms in total. The zero-order valence-corrected chi connectivity index (χ0v) is 18.6. The van der Waals surface area contributed by atoms with Gasteiger partial charge in [-0.2, -0.15) is 0 Å². The molecule has 0 bridgehead atoms. The average molecular weight is 420 g/mol. The van der Waals surface area contributed by atoms with Crippen LogP contribution in [-0.4, -0.2) is 42.1 Å². The molecule has 1 aliphatic rings. The summed E-state index contributed by atoms with van der Waals surface area (Å²) < 4.78 is 7.46. The molecular weight excluding hydrogens is 386 g/mol. The minimum atomic E-state index is 0.0264. The van der Waals surface area contributed by atoms with E-state index >= 15 is 0 Å². The molecule has 1 aliphatic heterocycles. The molecule has 1 saturated heterocycles. The van der Waals surface area contributed by atoms with E-state index in [9.17, 15) is 4.79 Å². The predicted octanol–water partition coefficient (Wildman–Crippen LogP) is 4.96. The number of benzene rings is 2. The van der Waals surface area contributed by atoms with Crippen molar-refractivity contribution in [1.82, 2.24) is 9.58 Å². The van der Waals surface area contributed by atoms with Crippen molar-refractivity contribution in [3.8, 4) is 5.75 Å². The maximum Gasteiger partial charge on any atom is 0.193 e. The number of rotatable bonds is 8. The minimum Gasteiger partial charge on any atom is -0.494 e. The van der Waals surface area contributed by atoms with Gasteiger partial charge < -0.3 is 15.5 Å². The lowest BCUT2D eigenvalue weighted by Crippen LogP contribution is -2.29. The molecule has 5 heteroatoms. The van der Waals surface area contributed by atoms with Crippen LogP contribution in [0.25, 0.3) is 10.9 Å². The van der Waals surface area contributed by atoms with Gasteiger partial charge in [0.2, 0.25) is 0 Å². The van der Waals surface area contributed by atoms with Gasteiger partial charge in [-0.15, -0.1) is 0 Å². The number of hydrogen-bond acceptors (Lipinski definition) is 4. The smallest absolute Gasteiger partial charge is 0.193 e. The first-order valence-electron chi connectivity index (χ1n) is 11.4. The fraction of sp³-hybridized carbons (Fsp3) is 0.423. The lowest BCUT2D eigenvalue weighted by Gasteiger charge is -2.28. The quantitative estimate of drug-likeness (QED) is 0.318. The molecule has 164 valence electrons. The van der Waals surface area contributed by atoms with Gasteiger partial charge in [-0.25, -0.2) is 0 Å². The number of nitrogens with zero attached hydrogens (tertiary/aromatic N) is 2. The normalized spacial score (nSPS) is 15.4. The van der Waals surface area contributed by atoms with Crippen LogP contribution in [0, 0.1) is 0 Å². The number of ketones is 1. The summed E-state index contributed by atoms with van der Waals surface area (Å²) in [7, 11) is 2.17. The number of nitrogens with two attached hydrogens (primary N) is 1. The lowest BCUT2D eigenvalue weighted by atomic mass is 9.88. The Balaban J connectivity index is 1.53. The van der Waals surface area contributed by atoms with Gasteiger partial charge in [0.05, 0.1) is 12.1 Å². The summed E-state index contributed by atoms with van der Waals surface area (Å²) in [6, 6.07) is 13.3. The fourth-order valence-electron chi connectivity index (χ4n) is 4.48. The minimum absolute atomic E-state index is 0.0264. The van der Waals surface area contributed by atoms with E-state index in [1.54, 1.807) is 4.68 Å². The van der Waals surface area contributed by atoms with Crippen molar-refractivity contribution in [2.75, 3.05) is 32.6 Å². The van der Waals surface area contributed by atoms with Crippen LogP contribution < -0.4 is 10.6 Å². The Kier molecular flexibility index (Phi) is 6.62. The van der Waals surface area contributed by atoms with Gasteiger partial charge in [-0.3, -0.25) is 9.47 Å². The molecular formula is C26H33N3O2. The number of fused-ring (bicyclic) bond motifs is 1. The first-order valence-corrected chi connectivity index (χ1v) is 11.4. The number of aromatic nitrogens is 1. The second kappa shape index (κ2) is 9.56. The molecule has 0 atom stereocenters. The van der Waals surface area contributed by atoms with Crippen molar-refractivity contribution >= 4 is 16.7 Å². The highest BCUT2D eigenvalue weighted by Gasteiger charge is 2.23. The number of hydrogen-bond donors (Lipinski definition) is 1. The zero-order chi connectivity index (χ0) is 21.8. The summed E-state index contributed by atoms with van der Waals surface area (Å²) in [5, 5.41) is 1.10. The third-order valence-corrected chi connectivity index (χ3v) is 6.42. The van der Waals surface area contributed by atoms with E-state index in [-0.39, 0.29) is 5.78 Å². The van der Waals surface area contributed by atoms with Crippen LogP contribution in [0.1, 0.15) is 66.4 Å². The second-order valence-electron chi connectivity index (χ2n) is 8.71. The van der Waals surface area contributed by atoms with E-state index in [0.29, 0.717) is 23.7 Å². The zero-order valence-electron chi connectivity index (χ0n) is 18.6. The van der Waals surface area contributed by atoms with Crippen LogP contribution in [0.3, 0.4) is 0 Å².